The van der Waals surface area contributed by atoms with Crippen LogP contribution in [0.25, 0.3) is 6.08 Å². The van der Waals surface area contributed by atoms with Crippen LogP contribution in [0.3, 0.4) is 0 Å². The lowest BCUT2D eigenvalue weighted by Crippen LogP contribution is -2.14. The number of Topliss-reactive ketones (excluding diaryl/α,β-unsaturated/α-hetero) is 1. The Bertz CT molecular complexity index is 1200. The first kappa shape index (κ1) is 22.0. The molecule has 1 aliphatic heterocycles. The van der Waals surface area contributed by atoms with E-state index >= 15 is 0 Å². The fraction of sp³-hybridized carbons (Fsp3) is 0.154. The van der Waals surface area contributed by atoms with Gasteiger partial charge >= 0.3 is 5.97 Å². The summed E-state index contributed by atoms with van der Waals surface area (Å²) < 4.78 is 27.1. The minimum Gasteiger partial charge on any atom is -0.497 e. The molecule has 0 saturated carbocycles. The van der Waals surface area contributed by atoms with Crippen LogP contribution in [0.1, 0.15) is 21.5 Å². The first-order chi connectivity index (χ1) is 16.1. The molecule has 7 heteroatoms. The average Bonchev–Trinajstić information content (AvgIpc) is 3.16. The van der Waals surface area contributed by atoms with E-state index in [9.17, 15) is 9.59 Å². The number of benzene rings is 3. The molecule has 0 amide bonds. The highest BCUT2D eigenvalue weighted by atomic mass is 16.6. The van der Waals surface area contributed by atoms with Gasteiger partial charge in [-0.1, -0.05) is 30.3 Å². The van der Waals surface area contributed by atoms with E-state index in [1.807, 2.05) is 30.3 Å². The van der Waals surface area contributed by atoms with E-state index in [0.29, 0.717) is 34.1 Å². The third kappa shape index (κ3) is 5.15. The van der Waals surface area contributed by atoms with Crippen LogP contribution in [0.2, 0.25) is 0 Å². The van der Waals surface area contributed by atoms with Crippen molar-refractivity contribution in [3.05, 3.63) is 89.2 Å². The van der Waals surface area contributed by atoms with Crippen molar-refractivity contribution in [3.63, 3.8) is 0 Å². The first-order valence-electron chi connectivity index (χ1n) is 10.2. The lowest BCUT2D eigenvalue weighted by Gasteiger charge is -2.08. The highest BCUT2D eigenvalue weighted by Gasteiger charge is 2.28. The minimum absolute atomic E-state index is 0.149. The molecular weight excluding hydrogens is 424 g/mol. The maximum atomic E-state index is 12.8. The van der Waals surface area contributed by atoms with Crippen LogP contribution in [-0.2, 0) is 16.1 Å². The number of hydrogen-bond acceptors (Lipinski definition) is 7. The van der Waals surface area contributed by atoms with Gasteiger partial charge in [0.25, 0.3) is 0 Å². The number of allylic oxidation sites excluding steroid dienone is 1. The Balaban J connectivity index is 1.42. The van der Waals surface area contributed by atoms with Crippen molar-refractivity contribution < 1.29 is 33.3 Å². The molecule has 0 aliphatic carbocycles. The second-order valence-electron chi connectivity index (χ2n) is 7.14. The second-order valence-corrected chi connectivity index (χ2v) is 7.14. The number of ketones is 1. The van der Waals surface area contributed by atoms with Gasteiger partial charge in [-0.3, -0.25) is 4.79 Å². The summed E-state index contributed by atoms with van der Waals surface area (Å²) in [6, 6.07) is 19.4. The Labute approximate surface area is 191 Å². The van der Waals surface area contributed by atoms with Crippen LogP contribution in [-0.4, -0.2) is 32.6 Å². The summed E-state index contributed by atoms with van der Waals surface area (Å²) in [5, 5.41) is 0. The van der Waals surface area contributed by atoms with E-state index in [-0.39, 0.29) is 24.8 Å². The Morgan fingerprint density at radius 1 is 0.939 bits per heavy atom. The Morgan fingerprint density at radius 2 is 1.73 bits per heavy atom. The lowest BCUT2D eigenvalue weighted by atomic mass is 10.1. The molecule has 1 aliphatic rings. The summed E-state index contributed by atoms with van der Waals surface area (Å²) in [5.74, 6) is 1.33. The number of hydrogen-bond donors (Lipinski definition) is 0. The molecule has 0 atom stereocenters. The molecule has 7 nitrogen and oxygen atoms in total. The number of rotatable bonds is 8. The van der Waals surface area contributed by atoms with Gasteiger partial charge in [0.15, 0.2) is 12.4 Å². The zero-order valence-electron chi connectivity index (χ0n) is 18.2. The van der Waals surface area contributed by atoms with E-state index in [0.717, 1.165) is 5.56 Å². The van der Waals surface area contributed by atoms with Gasteiger partial charge in [0, 0.05) is 11.6 Å². The molecule has 0 radical (unpaired) electrons. The third-order valence-corrected chi connectivity index (χ3v) is 4.96. The van der Waals surface area contributed by atoms with Gasteiger partial charge in [0.1, 0.15) is 29.6 Å². The molecule has 33 heavy (non-hydrogen) atoms. The molecule has 4 rings (SSSR count). The summed E-state index contributed by atoms with van der Waals surface area (Å²) in [5.41, 5.74) is 1.94. The molecule has 3 aromatic carbocycles. The molecule has 3 aromatic rings. The molecule has 0 bridgehead atoms. The van der Waals surface area contributed by atoms with E-state index in [2.05, 4.69) is 0 Å². The van der Waals surface area contributed by atoms with Crippen LogP contribution >= 0.6 is 0 Å². The van der Waals surface area contributed by atoms with Crippen molar-refractivity contribution in [2.45, 2.75) is 6.61 Å². The smallest absolute Gasteiger partial charge is 0.344 e. The molecular formula is C26H22O7. The predicted octanol–water partition coefficient (Wildman–Crippen LogP) is 4.44. The minimum atomic E-state index is -0.498. The summed E-state index contributed by atoms with van der Waals surface area (Å²) in [4.78, 5) is 24.8. The largest absolute Gasteiger partial charge is 0.497 e. The third-order valence-electron chi connectivity index (χ3n) is 4.96. The molecule has 0 fully saturated rings. The van der Waals surface area contributed by atoms with Crippen molar-refractivity contribution in [3.8, 4) is 23.0 Å². The summed E-state index contributed by atoms with van der Waals surface area (Å²) >= 11 is 0. The van der Waals surface area contributed by atoms with E-state index in [1.54, 1.807) is 56.7 Å². The van der Waals surface area contributed by atoms with Crippen molar-refractivity contribution in [1.29, 1.82) is 0 Å². The fourth-order valence-corrected chi connectivity index (χ4v) is 3.27. The van der Waals surface area contributed by atoms with Crippen LogP contribution < -0.4 is 18.9 Å². The number of carbonyl (C=O) groups excluding carboxylic acids is 2. The maximum absolute atomic E-state index is 12.8. The number of fused-ring (bicyclic) bond motifs is 1. The first-order valence-corrected chi connectivity index (χ1v) is 10.2. The van der Waals surface area contributed by atoms with E-state index < -0.39 is 5.97 Å². The Kier molecular flexibility index (Phi) is 6.59. The predicted molar refractivity (Wildman–Crippen MR) is 121 cm³/mol. The van der Waals surface area contributed by atoms with Gasteiger partial charge in [-0.25, -0.2) is 4.79 Å². The zero-order valence-corrected chi connectivity index (χ0v) is 18.2. The average molecular weight is 446 g/mol. The Hall–Kier alpha value is -4.26. The van der Waals surface area contributed by atoms with Crippen LogP contribution in [0, 0.1) is 0 Å². The Morgan fingerprint density at radius 3 is 2.48 bits per heavy atom. The fourth-order valence-electron chi connectivity index (χ4n) is 3.27. The SMILES string of the molecule is COc1ccc(OC)c(/C=C2\Oc3cc(OCC(=O)OCc4ccccc4)ccc3C2=O)c1. The van der Waals surface area contributed by atoms with Gasteiger partial charge in [-0.15, -0.1) is 0 Å². The van der Waals surface area contributed by atoms with E-state index in [1.165, 1.54) is 0 Å². The highest BCUT2D eigenvalue weighted by Crippen LogP contribution is 2.36. The highest BCUT2D eigenvalue weighted by molar-refractivity contribution is 6.14. The van der Waals surface area contributed by atoms with Crippen LogP contribution in [0.4, 0.5) is 0 Å². The summed E-state index contributed by atoms with van der Waals surface area (Å²) in [6.07, 6.45) is 1.60. The van der Waals surface area contributed by atoms with Crippen molar-refractivity contribution in [2.75, 3.05) is 20.8 Å². The van der Waals surface area contributed by atoms with E-state index in [4.69, 9.17) is 23.7 Å². The zero-order chi connectivity index (χ0) is 23.2. The standard InChI is InChI=1S/C26H22O7/c1-29-19-9-11-22(30-2)18(12-19)13-24-26(28)21-10-8-20(14-23(21)33-24)31-16-25(27)32-15-17-6-4-3-5-7-17/h3-14H,15-16H2,1-2H3/b24-13-. The number of methoxy groups -OCH3 is 2. The lowest BCUT2D eigenvalue weighted by molar-refractivity contribution is -0.147. The second kappa shape index (κ2) is 9.91. The molecule has 0 unspecified atom stereocenters. The number of ether oxygens (including phenoxy) is 5. The molecule has 0 N–H and O–H groups in total. The van der Waals surface area contributed by atoms with Gasteiger partial charge < -0.3 is 23.7 Å². The molecule has 0 saturated heterocycles. The normalized spacial score (nSPS) is 13.3. The quantitative estimate of drug-likeness (QED) is 0.374. The topological polar surface area (TPSA) is 80.3 Å². The molecule has 0 spiro atoms. The number of carbonyl (C=O) groups is 2. The van der Waals surface area contributed by atoms with Crippen molar-refractivity contribution >= 4 is 17.8 Å². The molecule has 1 heterocycles. The van der Waals surface area contributed by atoms with Gasteiger partial charge in [0.05, 0.1) is 19.8 Å². The molecule has 0 aromatic heterocycles. The van der Waals surface area contributed by atoms with Crippen molar-refractivity contribution in [1.82, 2.24) is 0 Å². The molecule has 168 valence electrons. The van der Waals surface area contributed by atoms with Gasteiger partial charge in [-0.2, -0.15) is 0 Å². The van der Waals surface area contributed by atoms with Crippen molar-refractivity contribution in [2.24, 2.45) is 0 Å². The summed E-state index contributed by atoms with van der Waals surface area (Å²) in [7, 11) is 3.11. The van der Waals surface area contributed by atoms with Gasteiger partial charge in [-0.05, 0) is 42.0 Å². The van der Waals surface area contributed by atoms with Crippen LogP contribution in [0.15, 0.2) is 72.5 Å². The number of esters is 1. The van der Waals surface area contributed by atoms with Gasteiger partial charge in [0.2, 0.25) is 5.78 Å². The maximum Gasteiger partial charge on any atom is 0.344 e. The summed E-state index contributed by atoms with van der Waals surface area (Å²) in [6.45, 7) is -0.0873. The van der Waals surface area contributed by atoms with Crippen LogP contribution in [0.5, 0.6) is 23.0 Å². The monoisotopic (exact) mass is 446 g/mol.